The second-order valence-corrected chi connectivity index (χ2v) is 7.31. The van der Waals surface area contributed by atoms with Crippen molar-refractivity contribution in [3.05, 3.63) is 54.6 Å². The molecular formula is C16H12FN3O2S. The van der Waals surface area contributed by atoms with Crippen molar-refractivity contribution in [1.82, 2.24) is 14.5 Å². The van der Waals surface area contributed by atoms with Gasteiger partial charge in [-0.05, 0) is 36.4 Å². The topological polar surface area (TPSA) is 64.8 Å². The van der Waals surface area contributed by atoms with Gasteiger partial charge in [-0.2, -0.15) is 0 Å². The van der Waals surface area contributed by atoms with Crippen LogP contribution in [0.1, 0.15) is 0 Å². The Morgan fingerprint density at radius 3 is 2.39 bits per heavy atom. The number of aromatic nitrogens is 3. The molecule has 0 radical (unpaired) electrons. The van der Waals surface area contributed by atoms with Gasteiger partial charge in [-0.15, -0.1) is 0 Å². The molecule has 1 aliphatic heterocycles. The second kappa shape index (κ2) is 4.99. The van der Waals surface area contributed by atoms with Crippen molar-refractivity contribution in [2.75, 3.05) is 5.75 Å². The first-order valence-electron chi connectivity index (χ1n) is 7.06. The minimum Gasteiger partial charge on any atom is -0.313 e. The minimum absolute atomic E-state index is 0.0527. The molecule has 0 fully saturated rings. The number of hydrogen-bond acceptors (Lipinski definition) is 4. The first-order valence-corrected chi connectivity index (χ1v) is 8.71. The lowest BCUT2D eigenvalue weighted by Crippen LogP contribution is -2.00. The maximum atomic E-state index is 13.2. The summed E-state index contributed by atoms with van der Waals surface area (Å²) in [5.41, 5.74) is 2.76. The lowest BCUT2D eigenvalue weighted by Gasteiger charge is -2.07. The van der Waals surface area contributed by atoms with E-state index in [0.717, 1.165) is 11.3 Å². The molecular weight excluding hydrogens is 317 g/mol. The number of hydrogen-bond donors (Lipinski definition) is 0. The lowest BCUT2D eigenvalue weighted by molar-refractivity contribution is 0.595. The van der Waals surface area contributed by atoms with Gasteiger partial charge in [0.05, 0.1) is 17.1 Å². The Labute approximate surface area is 132 Å². The first kappa shape index (κ1) is 14.1. The molecule has 1 aliphatic rings. The van der Waals surface area contributed by atoms with Gasteiger partial charge in [-0.25, -0.2) is 17.8 Å². The molecule has 5 nitrogen and oxygen atoms in total. The molecule has 4 rings (SSSR count). The summed E-state index contributed by atoms with van der Waals surface area (Å²) < 4.78 is 39.3. The summed E-state index contributed by atoms with van der Waals surface area (Å²) >= 11 is 0. The summed E-state index contributed by atoms with van der Waals surface area (Å²) in [5.74, 6) is -0.296. The Bertz CT molecular complexity index is 980. The molecule has 0 spiro atoms. The normalized spacial score (nSPS) is 15.5. The van der Waals surface area contributed by atoms with Crippen molar-refractivity contribution >= 4 is 9.84 Å². The first-order chi connectivity index (χ1) is 11.1. The van der Waals surface area contributed by atoms with Crippen LogP contribution in [0.25, 0.3) is 22.5 Å². The standard InChI is InChI=1S/C16H12FN3O2S/c17-13-3-1-11(2-4-13)14-15(12-5-7-18-8-6-12)20-9-10-23(21,22)16(20)19-14/h1-8H,9-10H2. The van der Waals surface area contributed by atoms with Crippen LogP contribution < -0.4 is 0 Å². The van der Waals surface area contributed by atoms with Gasteiger partial charge in [-0.1, -0.05) is 0 Å². The molecule has 0 bridgehead atoms. The average molecular weight is 329 g/mol. The summed E-state index contributed by atoms with van der Waals surface area (Å²) in [6.07, 6.45) is 3.29. The quantitative estimate of drug-likeness (QED) is 0.725. The fourth-order valence-electron chi connectivity index (χ4n) is 2.79. The highest BCUT2D eigenvalue weighted by Gasteiger charge is 2.33. The molecule has 3 aromatic rings. The molecule has 23 heavy (non-hydrogen) atoms. The van der Waals surface area contributed by atoms with E-state index in [4.69, 9.17) is 0 Å². The molecule has 0 unspecified atom stereocenters. The summed E-state index contributed by atoms with van der Waals surface area (Å²) in [7, 11) is -3.37. The van der Waals surface area contributed by atoms with E-state index in [1.807, 2.05) is 12.1 Å². The Kier molecular flexibility index (Phi) is 3.05. The average Bonchev–Trinajstić information content (AvgIpc) is 3.07. The molecule has 0 aliphatic carbocycles. The van der Waals surface area contributed by atoms with Gasteiger partial charge in [0, 0.05) is 30.1 Å². The van der Waals surface area contributed by atoms with Crippen LogP contribution in [0.2, 0.25) is 0 Å². The minimum atomic E-state index is -3.37. The number of nitrogens with zero attached hydrogens (tertiary/aromatic N) is 3. The molecule has 1 aromatic carbocycles. The Morgan fingerprint density at radius 2 is 1.70 bits per heavy atom. The fourth-order valence-corrected chi connectivity index (χ4v) is 4.15. The van der Waals surface area contributed by atoms with Crippen molar-refractivity contribution < 1.29 is 12.8 Å². The van der Waals surface area contributed by atoms with E-state index in [1.165, 1.54) is 12.1 Å². The Morgan fingerprint density at radius 1 is 1.00 bits per heavy atom. The largest absolute Gasteiger partial charge is 0.313 e. The summed E-state index contributed by atoms with van der Waals surface area (Å²) in [6, 6.07) is 9.50. The van der Waals surface area contributed by atoms with Gasteiger partial charge in [0.1, 0.15) is 5.82 Å². The van der Waals surface area contributed by atoms with Crippen LogP contribution in [0.5, 0.6) is 0 Å². The number of sulfone groups is 1. The predicted molar refractivity (Wildman–Crippen MR) is 82.9 cm³/mol. The van der Waals surface area contributed by atoms with E-state index >= 15 is 0 Å². The van der Waals surface area contributed by atoms with Crippen LogP contribution in [-0.4, -0.2) is 28.7 Å². The van der Waals surface area contributed by atoms with Crippen LogP contribution in [0.3, 0.4) is 0 Å². The number of halogens is 1. The molecule has 2 aromatic heterocycles. The van der Waals surface area contributed by atoms with Gasteiger partial charge in [0.2, 0.25) is 15.0 Å². The van der Waals surface area contributed by atoms with Crippen LogP contribution in [0.15, 0.2) is 53.9 Å². The van der Waals surface area contributed by atoms with Crippen LogP contribution >= 0.6 is 0 Å². The van der Waals surface area contributed by atoms with Gasteiger partial charge >= 0.3 is 0 Å². The zero-order valence-corrected chi connectivity index (χ0v) is 12.8. The molecule has 0 N–H and O–H groups in total. The van der Waals surface area contributed by atoms with E-state index in [-0.39, 0.29) is 16.7 Å². The number of rotatable bonds is 2. The van der Waals surface area contributed by atoms with Crippen molar-refractivity contribution in [3.63, 3.8) is 0 Å². The monoisotopic (exact) mass is 329 g/mol. The van der Waals surface area contributed by atoms with Crippen molar-refractivity contribution in [1.29, 1.82) is 0 Å². The van der Waals surface area contributed by atoms with Gasteiger partial charge in [-0.3, -0.25) is 4.98 Å². The van der Waals surface area contributed by atoms with E-state index in [2.05, 4.69) is 9.97 Å². The number of benzene rings is 1. The van der Waals surface area contributed by atoms with Crippen molar-refractivity contribution in [3.8, 4) is 22.5 Å². The molecule has 116 valence electrons. The third kappa shape index (κ3) is 2.24. The molecule has 7 heteroatoms. The number of fused-ring (bicyclic) bond motifs is 1. The predicted octanol–water partition coefficient (Wildman–Crippen LogP) is 2.54. The van der Waals surface area contributed by atoms with Crippen molar-refractivity contribution in [2.24, 2.45) is 0 Å². The summed E-state index contributed by atoms with van der Waals surface area (Å²) in [4.78, 5) is 8.35. The maximum absolute atomic E-state index is 13.2. The smallest absolute Gasteiger partial charge is 0.228 e. The fraction of sp³-hybridized carbons (Fsp3) is 0.125. The van der Waals surface area contributed by atoms with Crippen LogP contribution in [-0.2, 0) is 16.4 Å². The molecule has 0 amide bonds. The van der Waals surface area contributed by atoms with Gasteiger partial charge < -0.3 is 4.57 Å². The molecule has 3 heterocycles. The highest BCUT2D eigenvalue weighted by atomic mass is 32.2. The summed E-state index contributed by atoms with van der Waals surface area (Å²) in [6.45, 7) is 0.365. The number of pyridine rings is 1. The van der Waals surface area contributed by atoms with Gasteiger partial charge in [0.15, 0.2) is 0 Å². The maximum Gasteiger partial charge on any atom is 0.228 e. The SMILES string of the molecule is O=S1(=O)CCn2c1nc(-c1ccc(F)cc1)c2-c1ccncc1. The summed E-state index contributed by atoms with van der Waals surface area (Å²) in [5, 5.41) is 0.0728. The molecule has 0 saturated carbocycles. The molecule has 0 saturated heterocycles. The number of imidazole rings is 1. The van der Waals surface area contributed by atoms with E-state index in [0.29, 0.717) is 17.8 Å². The van der Waals surface area contributed by atoms with Gasteiger partial charge in [0.25, 0.3) is 0 Å². The zero-order valence-electron chi connectivity index (χ0n) is 12.0. The van der Waals surface area contributed by atoms with E-state index in [1.54, 1.807) is 29.1 Å². The van der Waals surface area contributed by atoms with E-state index < -0.39 is 9.84 Å². The highest BCUT2D eigenvalue weighted by molar-refractivity contribution is 7.91. The third-order valence-corrected chi connectivity index (χ3v) is 5.45. The zero-order chi connectivity index (χ0) is 16.0. The Balaban J connectivity index is 2.01. The second-order valence-electron chi connectivity index (χ2n) is 5.30. The van der Waals surface area contributed by atoms with Crippen molar-refractivity contribution in [2.45, 2.75) is 11.7 Å². The third-order valence-electron chi connectivity index (χ3n) is 3.87. The van der Waals surface area contributed by atoms with Crippen LogP contribution in [0.4, 0.5) is 4.39 Å². The van der Waals surface area contributed by atoms with E-state index in [9.17, 15) is 12.8 Å². The molecule has 0 atom stereocenters. The Hall–Kier alpha value is -2.54. The lowest BCUT2D eigenvalue weighted by atomic mass is 10.1. The highest BCUT2D eigenvalue weighted by Crippen LogP contribution is 2.36. The van der Waals surface area contributed by atoms with Crippen LogP contribution in [0, 0.1) is 5.82 Å².